The molecule has 2 heterocycles. The van der Waals surface area contributed by atoms with E-state index in [1.165, 1.54) is 11.8 Å². The number of hydrogen-bond donors (Lipinski definition) is 0. The maximum absolute atomic E-state index is 11.5. The average Bonchev–Trinajstić information content (AvgIpc) is 2.54. The van der Waals surface area contributed by atoms with E-state index in [-0.39, 0.29) is 11.7 Å². The van der Waals surface area contributed by atoms with Crippen LogP contribution in [0.3, 0.4) is 0 Å². The van der Waals surface area contributed by atoms with E-state index in [0.717, 1.165) is 22.2 Å². The van der Waals surface area contributed by atoms with Gasteiger partial charge < -0.3 is 4.74 Å². The van der Waals surface area contributed by atoms with Gasteiger partial charge in [0.25, 0.3) is 0 Å². The quantitative estimate of drug-likeness (QED) is 0.438. The Kier molecular flexibility index (Phi) is 6.67. The van der Waals surface area contributed by atoms with Gasteiger partial charge >= 0.3 is 5.97 Å². The van der Waals surface area contributed by atoms with Crippen molar-refractivity contribution < 1.29 is 9.53 Å². The number of aromatic nitrogens is 3. The molecule has 2 rings (SSSR count). The number of esters is 1. The lowest BCUT2D eigenvalue weighted by molar-refractivity contribution is -0.139. The van der Waals surface area contributed by atoms with Crippen LogP contribution in [0.1, 0.15) is 12.6 Å². The molecule has 5 nitrogen and oxygen atoms in total. The zero-order valence-corrected chi connectivity index (χ0v) is 14.1. The number of carbonyl (C=O) groups is 1. The molecular weight excluding hydrogens is 318 g/mol. The lowest BCUT2D eigenvalue weighted by Crippen LogP contribution is -2.07. The fourth-order valence-electron chi connectivity index (χ4n) is 1.71. The van der Waals surface area contributed by atoms with Crippen molar-refractivity contribution in [2.45, 2.75) is 17.7 Å². The summed E-state index contributed by atoms with van der Waals surface area (Å²) in [4.78, 5) is 24.8. The maximum atomic E-state index is 11.5. The fraction of sp³-hybridized carbons (Fsp3) is 0.333. The molecule has 0 N–H and O–H groups in total. The molecule has 0 unspecified atom stereocenters. The minimum Gasteiger partial charge on any atom is -0.465 e. The van der Waals surface area contributed by atoms with Crippen molar-refractivity contribution in [1.29, 1.82) is 0 Å². The lowest BCUT2D eigenvalue weighted by atomic mass is 10.3. The van der Waals surface area contributed by atoms with Crippen LogP contribution in [0.15, 0.2) is 35.5 Å². The Morgan fingerprint density at radius 2 is 2.18 bits per heavy atom. The van der Waals surface area contributed by atoms with Crippen LogP contribution in [0.25, 0.3) is 11.5 Å². The molecule has 2 aromatic rings. The van der Waals surface area contributed by atoms with E-state index in [0.29, 0.717) is 12.4 Å². The van der Waals surface area contributed by atoms with Crippen molar-refractivity contribution in [2.75, 3.05) is 18.6 Å². The van der Waals surface area contributed by atoms with Crippen LogP contribution in [0, 0.1) is 0 Å². The first kappa shape index (κ1) is 16.8. The van der Waals surface area contributed by atoms with Crippen molar-refractivity contribution >= 4 is 29.5 Å². The van der Waals surface area contributed by atoms with E-state index >= 15 is 0 Å². The first-order chi connectivity index (χ1) is 10.7. The van der Waals surface area contributed by atoms with Gasteiger partial charge in [-0.05, 0) is 31.4 Å². The highest BCUT2D eigenvalue weighted by atomic mass is 32.2. The van der Waals surface area contributed by atoms with Gasteiger partial charge in [-0.3, -0.25) is 9.78 Å². The van der Waals surface area contributed by atoms with Crippen LogP contribution in [-0.2, 0) is 15.3 Å². The smallest absolute Gasteiger partial charge is 0.316 e. The Morgan fingerprint density at radius 3 is 2.86 bits per heavy atom. The van der Waals surface area contributed by atoms with Crippen LogP contribution in [-0.4, -0.2) is 39.5 Å². The van der Waals surface area contributed by atoms with Gasteiger partial charge in [-0.1, -0.05) is 17.8 Å². The fourth-order valence-corrected chi connectivity index (χ4v) is 2.88. The monoisotopic (exact) mass is 335 g/mol. The molecule has 0 aliphatic rings. The Labute approximate surface area is 138 Å². The molecule has 0 aromatic carbocycles. The average molecular weight is 335 g/mol. The molecule has 0 fully saturated rings. The topological polar surface area (TPSA) is 65.0 Å². The van der Waals surface area contributed by atoms with Crippen molar-refractivity contribution in [3.05, 3.63) is 36.2 Å². The molecular formula is C15H17N3O2S2. The van der Waals surface area contributed by atoms with E-state index in [9.17, 15) is 4.79 Å². The molecule has 0 aliphatic carbocycles. The summed E-state index contributed by atoms with van der Waals surface area (Å²) in [5, 5.41) is 0.757. The van der Waals surface area contributed by atoms with Crippen molar-refractivity contribution in [3.63, 3.8) is 0 Å². The lowest BCUT2D eigenvalue weighted by Gasteiger charge is -2.07. The molecule has 0 atom stereocenters. The summed E-state index contributed by atoms with van der Waals surface area (Å²) in [6, 6.07) is 7.54. The van der Waals surface area contributed by atoms with Crippen LogP contribution in [0.5, 0.6) is 0 Å². The molecule has 0 radical (unpaired) electrons. The highest BCUT2D eigenvalue weighted by Crippen LogP contribution is 2.22. The van der Waals surface area contributed by atoms with Gasteiger partial charge in [0.05, 0.1) is 18.1 Å². The Balaban J connectivity index is 2.22. The first-order valence-corrected chi connectivity index (χ1v) is 9.17. The van der Waals surface area contributed by atoms with E-state index in [1.807, 2.05) is 30.5 Å². The van der Waals surface area contributed by atoms with E-state index in [2.05, 4.69) is 15.0 Å². The Morgan fingerprint density at radius 1 is 1.32 bits per heavy atom. The first-order valence-electron chi connectivity index (χ1n) is 6.79. The van der Waals surface area contributed by atoms with Gasteiger partial charge in [0, 0.05) is 11.9 Å². The summed E-state index contributed by atoms with van der Waals surface area (Å²) >= 11 is 3.04. The highest BCUT2D eigenvalue weighted by molar-refractivity contribution is 7.99. The number of nitrogens with zero attached hydrogens (tertiary/aromatic N) is 3. The van der Waals surface area contributed by atoms with Crippen LogP contribution < -0.4 is 0 Å². The van der Waals surface area contributed by atoms with Gasteiger partial charge in [-0.25, -0.2) is 9.97 Å². The van der Waals surface area contributed by atoms with Gasteiger partial charge in [-0.2, -0.15) is 11.8 Å². The molecule has 0 bridgehead atoms. The standard InChI is InChI=1S/C15H17N3O2S2/c1-3-20-14(19)10-22-13-8-11(9-21-2)17-15(18-13)12-6-4-5-7-16-12/h4-8H,3,9-10H2,1-2H3. The maximum Gasteiger partial charge on any atom is 0.316 e. The predicted octanol–water partition coefficient (Wildman–Crippen LogP) is 3.06. The van der Waals surface area contributed by atoms with Crippen molar-refractivity contribution in [2.24, 2.45) is 0 Å². The zero-order valence-electron chi connectivity index (χ0n) is 12.5. The molecule has 0 saturated carbocycles. The molecule has 0 amide bonds. The third-order valence-electron chi connectivity index (χ3n) is 2.59. The van der Waals surface area contributed by atoms with Crippen LogP contribution in [0.2, 0.25) is 0 Å². The third kappa shape index (κ3) is 4.99. The SMILES string of the molecule is CCOC(=O)CSc1cc(CSC)nc(-c2ccccn2)n1. The second-order valence-electron chi connectivity index (χ2n) is 4.26. The molecule has 22 heavy (non-hydrogen) atoms. The van der Waals surface area contributed by atoms with E-state index in [4.69, 9.17) is 4.74 Å². The highest BCUT2D eigenvalue weighted by Gasteiger charge is 2.10. The Bertz CT molecular complexity index is 623. The van der Waals surface area contributed by atoms with Crippen LogP contribution >= 0.6 is 23.5 Å². The number of thioether (sulfide) groups is 2. The largest absolute Gasteiger partial charge is 0.465 e. The van der Waals surface area contributed by atoms with Crippen molar-refractivity contribution in [3.8, 4) is 11.5 Å². The molecule has 7 heteroatoms. The summed E-state index contributed by atoms with van der Waals surface area (Å²) in [6.45, 7) is 2.18. The number of pyridine rings is 1. The van der Waals surface area contributed by atoms with Crippen molar-refractivity contribution in [1.82, 2.24) is 15.0 Å². The minimum absolute atomic E-state index is 0.239. The summed E-state index contributed by atoms with van der Waals surface area (Å²) in [7, 11) is 0. The minimum atomic E-state index is -0.239. The summed E-state index contributed by atoms with van der Waals surface area (Å²) < 4.78 is 4.94. The molecule has 2 aromatic heterocycles. The number of hydrogen-bond acceptors (Lipinski definition) is 7. The molecule has 0 spiro atoms. The number of ether oxygens (including phenoxy) is 1. The van der Waals surface area contributed by atoms with Gasteiger partial charge in [0.15, 0.2) is 5.82 Å². The zero-order chi connectivity index (χ0) is 15.8. The summed E-state index contributed by atoms with van der Waals surface area (Å²) in [5.41, 5.74) is 1.65. The van der Waals surface area contributed by atoms with Gasteiger partial charge in [-0.15, -0.1) is 0 Å². The molecule has 0 aliphatic heterocycles. The third-order valence-corrected chi connectivity index (χ3v) is 4.05. The molecule has 0 saturated heterocycles. The summed E-state index contributed by atoms with van der Waals surface area (Å²) in [5.74, 6) is 1.37. The van der Waals surface area contributed by atoms with Gasteiger partial charge in [0.1, 0.15) is 10.7 Å². The summed E-state index contributed by atoms with van der Waals surface area (Å²) in [6.07, 6.45) is 3.74. The number of rotatable bonds is 7. The van der Waals surface area contributed by atoms with E-state index < -0.39 is 0 Å². The second kappa shape index (κ2) is 8.75. The molecule has 116 valence electrons. The Hall–Kier alpha value is -1.60. The number of carbonyl (C=O) groups excluding carboxylic acids is 1. The van der Waals surface area contributed by atoms with Crippen LogP contribution in [0.4, 0.5) is 0 Å². The predicted molar refractivity (Wildman–Crippen MR) is 89.8 cm³/mol. The van der Waals surface area contributed by atoms with Gasteiger partial charge in [0.2, 0.25) is 0 Å². The normalized spacial score (nSPS) is 10.5. The van der Waals surface area contributed by atoms with E-state index in [1.54, 1.807) is 24.9 Å². The second-order valence-corrected chi connectivity index (χ2v) is 6.12.